The fourth-order valence-corrected chi connectivity index (χ4v) is 2.32. The van der Waals surface area contributed by atoms with Crippen LogP contribution in [0.3, 0.4) is 0 Å². The second kappa shape index (κ2) is 7.23. The molecule has 0 bridgehead atoms. The molecule has 3 rings (SSSR count). The van der Waals surface area contributed by atoms with Crippen molar-refractivity contribution in [3.05, 3.63) is 76.9 Å². The zero-order valence-electron chi connectivity index (χ0n) is 13.6. The zero-order chi connectivity index (χ0) is 17.8. The lowest BCUT2D eigenvalue weighted by Crippen LogP contribution is -2.23. The van der Waals surface area contributed by atoms with Gasteiger partial charge >= 0.3 is 0 Å². The average molecular weight is 340 g/mol. The number of nitrogens with one attached hydrogen (secondary N) is 1. The van der Waals surface area contributed by atoms with E-state index < -0.39 is 12.4 Å². The van der Waals surface area contributed by atoms with Crippen LogP contribution < -0.4 is 5.32 Å². The second-order valence-corrected chi connectivity index (χ2v) is 5.65. The Morgan fingerprint density at radius 2 is 2.00 bits per heavy atom. The number of nitrogens with zero attached hydrogens (tertiary/aromatic N) is 3. The van der Waals surface area contributed by atoms with E-state index in [-0.39, 0.29) is 23.7 Å². The molecule has 128 valence electrons. The van der Waals surface area contributed by atoms with Crippen molar-refractivity contribution in [3.63, 3.8) is 0 Å². The van der Waals surface area contributed by atoms with Gasteiger partial charge < -0.3 is 10.4 Å². The molecular weight excluding hydrogens is 323 g/mol. The monoisotopic (exact) mass is 340 g/mol. The fourth-order valence-electron chi connectivity index (χ4n) is 2.32. The second-order valence-electron chi connectivity index (χ2n) is 5.65. The Morgan fingerprint density at radius 3 is 2.72 bits per heavy atom. The first-order chi connectivity index (χ1) is 12.1. The fraction of sp³-hybridized carbons (Fsp3) is 0.167. The molecule has 0 radical (unpaired) electrons. The van der Waals surface area contributed by atoms with Crippen LogP contribution >= 0.6 is 0 Å². The molecule has 3 aromatic rings. The number of carbonyl (C=O) groups is 1. The molecule has 0 aliphatic rings. The van der Waals surface area contributed by atoms with Crippen LogP contribution in [0.15, 0.2) is 48.7 Å². The minimum Gasteiger partial charge on any atom is -0.392 e. The molecule has 1 heterocycles. The molecule has 2 N–H and O–H groups in total. The number of aliphatic hydroxyl groups is 1. The summed E-state index contributed by atoms with van der Waals surface area (Å²) < 4.78 is 14.9. The first kappa shape index (κ1) is 16.8. The van der Waals surface area contributed by atoms with Crippen LogP contribution in [-0.4, -0.2) is 26.0 Å². The van der Waals surface area contributed by atoms with Gasteiger partial charge in [-0.05, 0) is 36.8 Å². The van der Waals surface area contributed by atoms with Crippen molar-refractivity contribution in [1.82, 2.24) is 20.3 Å². The largest absolute Gasteiger partial charge is 0.392 e. The zero-order valence-corrected chi connectivity index (χ0v) is 13.6. The van der Waals surface area contributed by atoms with Gasteiger partial charge in [-0.15, -0.1) is 5.10 Å². The van der Waals surface area contributed by atoms with Gasteiger partial charge in [-0.3, -0.25) is 4.79 Å². The van der Waals surface area contributed by atoms with Crippen molar-refractivity contribution in [2.45, 2.75) is 20.1 Å². The van der Waals surface area contributed by atoms with E-state index in [1.807, 2.05) is 31.2 Å². The molecule has 0 aliphatic heterocycles. The molecule has 7 heteroatoms. The number of aryl methyl sites for hydroxylation is 1. The van der Waals surface area contributed by atoms with Crippen LogP contribution in [0.4, 0.5) is 4.39 Å². The van der Waals surface area contributed by atoms with E-state index in [0.29, 0.717) is 5.56 Å². The lowest BCUT2D eigenvalue weighted by atomic mass is 10.1. The number of aliphatic hydroxyl groups excluding tert-OH is 1. The highest BCUT2D eigenvalue weighted by Gasteiger charge is 2.12. The maximum atomic E-state index is 13.4. The summed E-state index contributed by atoms with van der Waals surface area (Å²) in [4.78, 5) is 12.2. The summed E-state index contributed by atoms with van der Waals surface area (Å²) in [7, 11) is 0. The Bertz CT molecular complexity index is 890. The van der Waals surface area contributed by atoms with Crippen molar-refractivity contribution in [2.75, 3.05) is 0 Å². The van der Waals surface area contributed by atoms with E-state index in [9.17, 15) is 9.18 Å². The SMILES string of the molecule is Cc1ccc(-n2cc(C(=O)NCc3ccc(F)c(CO)c3)nn2)cc1. The predicted octanol–water partition coefficient (Wildman–Crippen LogP) is 2.14. The van der Waals surface area contributed by atoms with E-state index in [2.05, 4.69) is 15.6 Å². The molecule has 25 heavy (non-hydrogen) atoms. The van der Waals surface area contributed by atoms with Gasteiger partial charge in [-0.1, -0.05) is 29.0 Å². The molecule has 0 atom stereocenters. The van der Waals surface area contributed by atoms with Gasteiger partial charge in [0.05, 0.1) is 18.5 Å². The molecule has 0 fully saturated rings. The normalized spacial score (nSPS) is 10.7. The average Bonchev–Trinajstić information content (AvgIpc) is 3.11. The van der Waals surface area contributed by atoms with Crippen LogP contribution in [0.5, 0.6) is 0 Å². The van der Waals surface area contributed by atoms with Gasteiger partial charge in [-0.25, -0.2) is 9.07 Å². The van der Waals surface area contributed by atoms with Crippen molar-refractivity contribution in [1.29, 1.82) is 0 Å². The summed E-state index contributed by atoms with van der Waals surface area (Å²) in [6, 6.07) is 12.0. The first-order valence-electron chi connectivity index (χ1n) is 7.72. The maximum Gasteiger partial charge on any atom is 0.273 e. The number of hydrogen-bond acceptors (Lipinski definition) is 4. The third-order valence-corrected chi connectivity index (χ3v) is 3.76. The maximum absolute atomic E-state index is 13.4. The summed E-state index contributed by atoms with van der Waals surface area (Å²) in [5, 5.41) is 19.6. The van der Waals surface area contributed by atoms with Crippen molar-refractivity contribution in [2.24, 2.45) is 0 Å². The Morgan fingerprint density at radius 1 is 1.24 bits per heavy atom. The summed E-state index contributed by atoms with van der Waals surface area (Å²) in [6.07, 6.45) is 1.55. The van der Waals surface area contributed by atoms with Gasteiger partial charge in [0.1, 0.15) is 5.82 Å². The van der Waals surface area contributed by atoms with Crippen LogP contribution in [0, 0.1) is 12.7 Å². The molecule has 1 amide bonds. The lowest BCUT2D eigenvalue weighted by molar-refractivity contribution is 0.0946. The highest BCUT2D eigenvalue weighted by Crippen LogP contribution is 2.11. The quantitative estimate of drug-likeness (QED) is 0.746. The summed E-state index contributed by atoms with van der Waals surface area (Å²) in [5.41, 5.74) is 3.00. The van der Waals surface area contributed by atoms with Crippen molar-refractivity contribution >= 4 is 5.91 Å². The van der Waals surface area contributed by atoms with Gasteiger partial charge in [0.15, 0.2) is 5.69 Å². The van der Waals surface area contributed by atoms with E-state index in [1.165, 1.54) is 16.8 Å². The summed E-state index contributed by atoms with van der Waals surface area (Å²) in [6.45, 7) is 1.80. The van der Waals surface area contributed by atoms with E-state index in [1.54, 1.807) is 12.3 Å². The van der Waals surface area contributed by atoms with E-state index in [0.717, 1.165) is 11.3 Å². The third-order valence-electron chi connectivity index (χ3n) is 3.76. The van der Waals surface area contributed by atoms with E-state index in [4.69, 9.17) is 5.11 Å². The minimum absolute atomic E-state index is 0.185. The van der Waals surface area contributed by atoms with Gasteiger partial charge in [0.2, 0.25) is 0 Å². The van der Waals surface area contributed by atoms with Crippen LogP contribution in [0.2, 0.25) is 0 Å². The molecule has 6 nitrogen and oxygen atoms in total. The van der Waals surface area contributed by atoms with Crippen molar-refractivity contribution < 1.29 is 14.3 Å². The molecule has 0 saturated carbocycles. The topological polar surface area (TPSA) is 80.0 Å². The number of halogens is 1. The Labute approximate surface area is 143 Å². The van der Waals surface area contributed by atoms with E-state index >= 15 is 0 Å². The summed E-state index contributed by atoms with van der Waals surface area (Å²) >= 11 is 0. The predicted molar refractivity (Wildman–Crippen MR) is 89.6 cm³/mol. The third kappa shape index (κ3) is 3.89. The standard InChI is InChI=1S/C18H17FN4O2/c1-12-2-5-15(6-3-12)23-10-17(21-22-23)18(25)20-9-13-4-7-16(19)14(8-13)11-24/h2-8,10,24H,9,11H2,1H3,(H,20,25). The van der Waals surface area contributed by atoms with Crippen LogP contribution in [-0.2, 0) is 13.2 Å². The number of rotatable bonds is 5. The van der Waals surface area contributed by atoms with Crippen LogP contribution in [0.25, 0.3) is 5.69 Å². The molecular formula is C18H17FN4O2. The Kier molecular flexibility index (Phi) is 4.85. The smallest absolute Gasteiger partial charge is 0.273 e. The minimum atomic E-state index is -0.474. The molecule has 0 unspecified atom stereocenters. The van der Waals surface area contributed by atoms with Crippen LogP contribution in [0.1, 0.15) is 27.2 Å². The molecule has 0 saturated heterocycles. The number of amides is 1. The lowest BCUT2D eigenvalue weighted by Gasteiger charge is -2.06. The van der Waals surface area contributed by atoms with Gasteiger partial charge in [-0.2, -0.15) is 0 Å². The highest BCUT2D eigenvalue weighted by molar-refractivity contribution is 5.91. The van der Waals surface area contributed by atoms with Gasteiger partial charge in [0.25, 0.3) is 5.91 Å². The number of carbonyl (C=O) groups excluding carboxylic acids is 1. The first-order valence-corrected chi connectivity index (χ1v) is 7.72. The Balaban J connectivity index is 1.67. The molecule has 2 aromatic carbocycles. The molecule has 0 spiro atoms. The Hall–Kier alpha value is -3.06. The van der Waals surface area contributed by atoms with Crippen molar-refractivity contribution in [3.8, 4) is 5.69 Å². The number of aromatic nitrogens is 3. The van der Waals surface area contributed by atoms with Gasteiger partial charge in [0, 0.05) is 12.1 Å². The number of benzene rings is 2. The molecule has 0 aliphatic carbocycles. The number of hydrogen-bond donors (Lipinski definition) is 2. The summed E-state index contributed by atoms with van der Waals surface area (Å²) in [5.74, 6) is -0.855. The highest BCUT2D eigenvalue weighted by atomic mass is 19.1. The molecule has 1 aromatic heterocycles.